The Balaban J connectivity index is 2.39. The second-order valence-electron chi connectivity index (χ2n) is 10.5. The lowest BCUT2D eigenvalue weighted by Gasteiger charge is -2.34. The molecule has 206 valence electrons. The lowest BCUT2D eigenvalue weighted by molar-refractivity contribution is -0.145. The molecule has 0 radical (unpaired) electrons. The van der Waals surface area contributed by atoms with Gasteiger partial charge in [0.05, 0.1) is 19.6 Å². The maximum absolute atomic E-state index is 13.8. The van der Waals surface area contributed by atoms with Crippen LogP contribution in [0.2, 0.25) is 0 Å². The summed E-state index contributed by atoms with van der Waals surface area (Å²) < 4.78 is 10.2. The standard InChI is InChI=1S/C27H41N3O7/c1-8-36-22(32)11-12-28-24(33)23(19-10-9-16(2)17(3)13-19)30(21-14-18(21)4)25(34)20(15-31)29-26(35)37-27(5,6)7/h9-10,13,18,20-21,23,31H,8,11-12,14-15H2,1-7H3,(H,28,33)(H,29,35). The Labute approximate surface area is 219 Å². The highest BCUT2D eigenvalue weighted by atomic mass is 16.6. The van der Waals surface area contributed by atoms with Crippen LogP contribution in [0.15, 0.2) is 18.2 Å². The number of amides is 3. The highest BCUT2D eigenvalue weighted by Gasteiger charge is 2.48. The van der Waals surface area contributed by atoms with Crippen LogP contribution in [0.5, 0.6) is 0 Å². The summed E-state index contributed by atoms with van der Waals surface area (Å²) in [6, 6.07) is 2.94. The zero-order valence-electron chi connectivity index (χ0n) is 22.9. The van der Waals surface area contributed by atoms with Gasteiger partial charge in [0.15, 0.2) is 0 Å². The second-order valence-corrected chi connectivity index (χ2v) is 10.5. The van der Waals surface area contributed by atoms with E-state index in [-0.39, 0.29) is 31.5 Å². The summed E-state index contributed by atoms with van der Waals surface area (Å²) >= 11 is 0. The van der Waals surface area contributed by atoms with Gasteiger partial charge in [-0.1, -0.05) is 25.1 Å². The molecule has 1 aliphatic rings. The van der Waals surface area contributed by atoms with E-state index in [1.165, 1.54) is 4.90 Å². The number of nitrogens with one attached hydrogen (secondary N) is 2. The molecule has 0 aliphatic heterocycles. The first kappa shape index (κ1) is 30.1. The molecule has 0 heterocycles. The maximum Gasteiger partial charge on any atom is 0.408 e. The number of benzene rings is 1. The number of hydrogen-bond donors (Lipinski definition) is 3. The molecule has 0 spiro atoms. The van der Waals surface area contributed by atoms with Crippen LogP contribution in [0, 0.1) is 19.8 Å². The zero-order chi connectivity index (χ0) is 27.9. The van der Waals surface area contributed by atoms with Crippen molar-refractivity contribution in [3.63, 3.8) is 0 Å². The van der Waals surface area contributed by atoms with Gasteiger partial charge in [-0.2, -0.15) is 0 Å². The van der Waals surface area contributed by atoms with E-state index in [0.717, 1.165) is 11.1 Å². The number of ether oxygens (including phenoxy) is 2. The highest BCUT2D eigenvalue weighted by molar-refractivity contribution is 5.93. The van der Waals surface area contributed by atoms with Gasteiger partial charge in [0, 0.05) is 12.6 Å². The molecule has 1 aromatic carbocycles. The topological polar surface area (TPSA) is 134 Å². The number of carbonyl (C=O) groups excluding carboxylic acids is 4. The van der Waals surface area contributed by atoms with Gasteiger partial charge in [0.1, 0.15) is 17.7 Å². The number of alkyl carbamates (subject to hydrolysis) is 1. The molecule has 4 atom stereocenters. The minimum atomic E-state index is -1.30. The first-order valence-electron chi connectivity index (χ1n) is 12.7. The Morgan fingerprint density at radius 3 is 2.32 bits per heavy atom. The Morgan fingerprint density at radius 1 is 1.16 bits per heavy atom. The number of rotatable bonds is 11. The lowest BCUT2D eigenvalue weighted by Crippen LogP contribution is -2.55. The molecule has 10 nitrogen and oxygen atoms in total. The Bertz CT molecular complexity index is 989. The summed E-state index contributed by atoms with van der Waals surface area (Å²) in [4.78, 5) is 52.9. The van der Waals surface area contributed by atoms with Crippen LogP contribution in [0.1, 0.15) is 70.2 Å². The molecule has 37 heavy (non-hydrogen) atoms. The van der Waals surface area contributed by atoms with Crippen molar-refractivity contribution in [1.29, 1.82) is 0 Å². The molecule has 4 unspecified atom stereocenters. The lowest BCUT2D eigenvalue weighted by atomic mass is 9.98. The predicted octanol–water partition coefficient (Wildman–Crippen LogP) is 2.54. The van der Waals surface area contributed by atoms with Crippen molar-refractivity contribution in [1.82, 2.24) is 15.5 Å². The molecule has 0 aromatic heterocycles. The number of aliphatic hydroxyl groups excluding tert-OH is 1. The predicted molar refractivity (Wildman–Crippen MR) is 138 cm³/mol. The van der Waals surface area contributed by atoms with Crippen LogP contribution < -0.4 is 10.6 Å². The molecule has 0 bridgehead atoms. The fraction of sp³-hybridized carbons (Fsp3) is 0.630. The molecule has 1 aromatic rings. The van der Waals surface area contributed by atoms with E-state index in [4.69, 9.17) is 9.47 Å². The van der Waals surface area contributed by atoms with E-state index in [1.807, 2.05) is 32.9 Å². The van der Waals surface area contributed by atoms with Crippen molar-refractivity contribution in [3.8, 4) is 0 Å². The number of carbonyl (C=O) groups is 4. The van der Waals surface area contributed by atoms with Gasteiger partial charge in [-0.15, -0.1) is 0 Å². The third-order valence-corrected chi connectivity index (χ3v) is 6.16. The van der Waals surface area contributed by atoms with Crippen molar-refractivity contribution in [2.24, 2.45) is 5.92 Å². The van der Waals surface area contributed by atoms with Crippen molar-refractivity contribution in [3.05, 3.63) is 34.9 Å². The van der Waals surface area contributed by atoms with E-state index < -0.39 is 48.2 Å². The van der Waals surface area contributed by atoms with Gasteiger partial charge < -0.3 is 30.1 Å². The summed E-state index contributed by atoms with van der Waals surface area (Å²) in [5, 5.41) is 15.2. The number of hydrogen-bond acceptors (Lipinski definition) is 7. The Hall–Kier alpha value is -3.14. The Morgan fingerprint density at radius 2 is 1.81 bits per heavy atom. The monoisotopic (exact) mass is 519 g/mol. The highest BCUT2D eigenvalue weighted by Crippen LogP contribution is 2.41. The number of esters is 1. The molecular formula is C27H41N3O7. The maximum atomic E-state index is 13.8. The SMILES string of the molecule is CCOC(=O)CCNC(=O)C(c1ccc(C)c(C)c1)N(C(=O)C(CO)NC(=O)OC(C)(C)C)C1CC1C. The largest absolute Gasteiger partial charge is 0.466 e. The summed E-state index contributed by atoms with van der Waals surface area (Å²) in [7, 11) is 0. The van der Waals surface area contributed by atoms with Gasteiger partial charge in [-0.3, -0.25) is 14.4 Å². The summed E-state index contributed by atoms with van der Waals surface area (Å²) in [5.74, 6) is -1.36. The van der Waals surface area contributed by atoms with Gasteiger partial charge in [0.2, 0.25) is 11.8 Å². The molecule has 1 saturated carbocycles. The van der Waals surface area contributed by atoms with Crippen molar-refractivity contribution in [2.75, 3.05) is 19.8 Å². The van der Waals surface area contributed by atoms with Crippen LogP contribution in [-0.2, 0) is 23.9 Å². The average Bonchev–Trinajstić information content (AvgIpc) is 3.51. The van der Waals surface area contributed by atoms with Crippen molar-refractivity contribution >= 4 is 23.9 Å². The van der Waals surface area contributed by atoms with Gasteiger partial charge in [-0.25, -0.2) is 4.79 Å². The van der Waals surface area contributed by atoms with Crippen LogP contribution in [0.3, 0.4) is 0 Å². The van der Waals surface area contributed by atoms with Crippen molar-refractivity contribution in [2.45, 2.75) is 85.0 Å². The first-order valence-corrected chi connectivity index (χ1v) is 12.7. The van der Waals surface area contributed by atoms with Crippen LogP contribution in [-0.4, -0.2) is 71.3 Å². The van der Waals surface area contributed by atoms with Crippen LogP contribution in [0.25, 0.3) is 0 Å². The fourth-order valence-electron chi connectivity index (χ4n) is 3.98. The summed E-state index contributed by atoms with van der Waals surface area (Å²) in [6.07, 6.45) is -0.175. The number of aliphatic hydroxyl groups is 1. The first-order chi connectivity index (χ1) is 17.3. The minimum absolute atomic E-state index is 0.00747. The fourth-order valence-corrected chi connectivity index (χ4v) is 3.98. The minimum Gasteiger partial charge on any atom is -0.466 e. The van der Waals surface area contributed by atoms with Crippen molar-refractivity contribution < 1.29 is 33.8 Å². The summed E-state index contributed by atoms with van der Waals surface area (Å²) in [6.45, 7) is 12.2. The van der Waals surface area contributed by atoms with Crippen LogP contribution >= 0.6 is 0 Å². The second kappa shape index (κ2) is 12.9. The third-order valence-electron chi connectivity index (χ3n) is 6.16. The van der Waals surface area contributed by atoms with E-state index in [2.05, 4.69) is 10.6 Å². The Kier molecular flexibility index (Phi) is 10.5. The normalized spacial score (nSPS) is 18.3. The third kappa shape index (κ3) is 8.73. The summed E-state index contributed by atoms with van der Waals surface area (Å²) in [5.41, 5.74) is 1.78. The molecule has 3 amide bonds. The number of nitrogens with zero attached hydrogens (tertiary/aromatic N) is 1. The molecule has 1 fully saturated rings. The molecular weight excluding hydrogens is 478 g/mol. The molecule has 1 aliphatic carbocycles. The number of aryl methyl sites for hydroxylation is 2. The van der Waals surface area contributed by atoms with Crippen LogP contribution in [0.4, 0.5) is 4.79 Å². The van der Waals surface area contributed by atoms with E-state index >= 15 is 0 Å². The van der Waals surface area contributed by atoms with Gasteiger partial charge in [-0.05, 0) is 70.6 Å². The smallest absolute Gasteiger partial charge is 0.408 e. The van der Waals surface area contributed by atoms with Gasteiger partial charge in [0.25, 0.3) is 0 Å². The average molecular weight is 520 g/mol. The molecule has 3 N–H and O–H groups in total. The van der Waals surface area contributed by atoms with Gasteiger partial charge >= 0.3 is 12.1 Å². The molecule has 0 saturated heterocycles. The van der Waals surface area contributed by atoms with E-state index in [0.29, 0.717) is 12.0 Å². The molecule has 10 heteroatoms. The zero-order valence-corrected chi connectivity index (χ0v) is 22.9. The van der Waals surface area contributed by atoms with E-state index in [9.17, 15) is 24.3 Å². The van der Waals surface area contributed by atoms with E-state index in [1.54, 1.807) is 33.8 Å². The quantitative estimate of drug-likeness (QED) is 0.383. The molecule has 2 rings (SSSR count).